The average molecular weight is 385 g/mol. The van der Waals surface area contributed by atoms with Gasteiger partial charge in [-0.3, -0.25) is 0 Å². The maximum Gasteiger partial charge on any atom is 0.262 e. The molecule has 0 spiro atoms. The van der Waals surface area contributed by atoms with Crippen molar-refractivity contribution in [1.82, 2.24) is 19.9 Å². The van der Waals surface area contributed by atoms with E-state index in [2.05, 4.69) is 15.2 Å². The zero-order chi connectivity index (χ0) is 18.3. The molecule has 0 N–H and O–H groups in total. The molecule has 2 aromatic heterocycles. The molecule has 2 heterocycles. The molecule has 0 atom stereocenters. The van der Waals surface area contributed by atoms with Gasteiger partial charge >= 0.3 is 0 Å². The zero-order valence-corrected chi connectivity index (χ0v) is 15.6. The Morgan fingerprint density at radius 3 is 2.50 bits per heavy atom. The summed E-state index contributed by atoms with van der Waals surface area (Å²) in [6.45, 7) is 3.89. The van der Waals surface area contributed by atoms with Gasteiger partial charge in [0.05, 0.1) is 27.7 Å². The number of halogens is 2. The number of aromatic nitrogens is 4. The van der Waals surface area contributed by atoms with Gasteiger partial charge < -0.3 is 4.52 Å². The molecular weight excluding hydrogens is 371 g/mol. The van der Waals surface area contributed by atoms with Crippen LogP contribution in [0, 0.1) is 13.8 Å². The third kappa shape index (κ3) is 2.89. The third-order valence-electron chi connectivity index (χ3n) is 4.10. The van der Waals surface area contributed by atoms with Crippen molar-refractivity contribution < 1.29 is 4.52 Å². The number of rotatable bonds is 3. The van der Waals surface area contributed by atoms with Gasteiger partial charge in [-0.15, -0.1) is 0 Å². The van der Waals surface area contributed by atoms with Crippen molar-refractivity contribution >= 4 is 23.2 Å². The van der Waals surface area contributed by atoms with Gasteiger partial charge in [-0.05, 0) is 44.2 Å². The van der Waals surface area contributed by atoms with Crippen LogP contribution in [0.1, 0.15) is 11.4 Å². The Morgan fingerprint density at radius 2 is 1.77 bits per heavy atom. The van der Waals surface area contributed by atoms with Gasteiger partial charge in [0.15, 0.2) is 0 Å². The van der Waals surface area contributed by atoms with Crippen molar-refractivity contribution in [3.05, 3.63) is 70.0 Å². The lowest BCUT2D eigenvalue weighted by Gasteiger charge is -2.03. The Labute approximate surface area is 160 Å². The second-order valence-corrected chi connectivity index (χ2v) is 6.68. The smallest absolute Gasteiger partial charge is 0.262 e. The van der Waals surface area contributed by atoms with E-state index in [1.165, 1.54) is 0 Å². The van der Waals surface area contributed by atoms with Crippen LogP contribution >= 0.6 is 23.2 Å². The molecule has 0 saturated carbocycles. The fourth-order valence-electron chi connectivity index (χ4n) is 2.88. The normalized spacial score (nSPS) is 11.1. The predicted octanol–water partition coefficient (Wildman–Crippen LogP) is 5.51. The summed E-state index contributed by atoms with van der Waals surface area (Å²) in [6.07, 6.45) is 0. The van der Waals surface area contributed by atoms with Gasteiger partial charge in [-0.2, -0.15) is 10.1 Å². The van der Waals surface area contributed by atoms with E-state index >= 15 is 0 Å². The van der Waals surface area contributed by atoms with E-state index in [9.17, 15) is 0 Å². The molecule has 2 aromatic carbocycles. The Bertz CT molecular complexity index is 1090. The van der Waals surface area contributed by atoms with Gasteiger partial charge in [-0.1, -0.05) is 46.6 Å². The summed E-state index contributed by atoms with van der Waals surface area (Å²) in [7, 11) is 0. The lowest BCUT2D eigenvalue weighted by atomic mass is 10.2. The monoisotopic (exact) mass is 384 g/mol. The first-order chi connectivity index (χ1) is 12.5. The van der Waals surface area contributed by atoms with E-state index < -0.39 is 0 Å². The first-order valence-corrected chi connectivity index (χ1v) is 8.71. The van der Waals surface area contributed by atoms with Crippen LogP contribution in [-0.2, 0) is 0 Å². The van der Waals surface area contributed by atoms with Gasteiger partial charge in [0, 0.05) is 10.6 Å². The van der Waals surface area contributed by atoms with E-state index in [4.69, 9.17) is 27.7 Å². The number of aryl methyl sites for hydroxylation is 1. The highest BCUT2D eigenvalue weighted by Gasteiger charge is 2.21. The molecule has 0 saturated heterocycles. The maximum atomic E-state index is 6.24. The fourth-order valence-corrected chi connectivity index (χ4v) is 3.37. The maximum absolute atomic E-state index is 6.24. The summed E-state index contributed by atoms with van der Waals surface area (Å²) < 4.78 is 7.36. The first kappa shape index (κ1) is 16.8. The van der Waals surface area contributed by atoms with Crippen LogP contribution in [0.4, 0.5) is 0 Å². The Hall–Kier alpha value is -2.63. The quantitative estimate of drug-likeness (QED) is 0.466. The molecule has 0 radical (unpaired) electrons. The van der Waals surface area contributed by atoms with Crippen molar-refractivity contribution in [1.29, 1.82) is 0 Å². The molecule has 0 aliphatic carbocycles. The van der Waals surface area contributed by atoms with Crippen LogP contribution in [-0.4, -0.2) is 19.9 Å². The zero-order valence-electron chi connectivity index (χ0n) is 14.1. The molecule has 0 amide bonds. The van der Waals surface area contributed by atoms with Crippen molar-refractivity contribution in [2.24, 2.45) is 0 Å². The number of nitrogens with zero attached hydrogens (tertiary/aromatic N) is 4. The molecule has 0 fully saturated rings. The lowest BCUT2D eigenvalue weighted by Crippen LogP contribution is -1.98. The minimum Gasteiger partial charge on any atom is -0.333 e. The second-order valence-electron chi connectivity index (χ2n) is 5.84. The SMILES string of the molecule is Cc1nn(-c2ccccc2)c(C)c1-c1nc(-c2ccc(Cl)cc2Cl)no1. The molecule has 4 aromatic rings. The van der Waals surface area contributed by atoms with Crippen LogP contribution in [0.5, 0.6) is 0 Å². The predicted molar refractivity (Wildman–Crippen MR) is 102 cm³/mol. The van der Waals surface area contributed by atoms with Gasteiger partial charge in [0.1, 0.15) is 0 Å². The van der Waals surface area contributed by atoms with Crippen LogP contribution in [0.15, 0.2) is 53.1 Å². The van der Waals surface area contributed by atoms with Crippen molar-refractivity contribution in [2.45, 2.75) is 13.8 Å². The number of benzene rings is 2. The first-order valence-electron chi connectivity index (χ1n) is 7.96. The minimum atomic E-state index is 0.406. The van der Waals surface area contributed by atoms with E-state index in [1.807, 2.05) is 48.9 Å². The molecule has 5 nitrogen and oxygen atoms in total. The third-order valence-corrected chi connectivity index (χ3v) is 4.65. The summed E-state index contributed by atoms with van der Waals surface area (Å²) in [6, 6.07) is 15.1. The summed E-state index contributed by atoms with van der Waals surface area (Å²) in [5.41, 5.74) is 4.18. The van der Waals surface area contributed by atoms with Gasteiger partial charge in [0.2, 0.25) is 5.82 Å². The molecule has 0 aliphatic heterocycles. The molecular formula is C19H14Cl2N4O. The molecule has 7 heteroatoms. The summed E-state index contributed by atoms with van der Waals surface area (Å²) >= 11 is 12.2. The Morgan fingerprint density at radius 1 is 1.00 bits per heavy atom. The highest BCUT2D eigenvalue weighted by atomic mass is 35.5. The number of hydrogen-bond acceptors (Lipinski definition) is 4. The van der Waals surface area contributed by atoms with Crippen LogP contribution in [0.2, 0.25) is 10.0 Å². The standard InChI is InChI=1S/C19H14Cl2N4O/c1-11-17(12(2)25(23-11)14-6-4-3-5-7-14)19-22-18(24-26-19)15-9-8-13(20)10-16(15)21/h3-10H,1-2H3. The molecule has 0 aliphatic rings. The second kappa shape index (κ2) is 6.59. The Balaban J connectivity index is 1.78. The van der Waals surface area contributed by atoms with Crippen LogP contribution in [0.3, 0.4) is 0 Å². The van der Waals surface area contributed by atoms with Crippen molar-refractivity contribution in [3.63, 3.8) is 0 Å². The molecule has 4 rings (SSSR count). The fraction of sp³-hybridized carbons (Fsp3) is 0.105. The average Bonchev–Trinajstić information content (AvgIpc) is 3.20. The summed E-state index contributed by atoms with van der Waals surface area (Å²) in [4.78, 5) is 4.51. The Kier molecular flexibility index (Phi) is 4.26. The van der Waals surface area contributed by atoms with E-state index in [0.29, 0.717) is 27.3 Å². The molecule has 26 heavy (non-hydrogen) atoms. The van der Waals surface area contributed by atoms with E-state index in [0.717, 1.165) is 22.6 Å². The van der Waals surface area contributed by atoms with Crippen molar-refractivity contribution in [2.75, 3.05) is 0 Å². The largest absolute Gasteiger partial charge is 0.333 e. The number of hydrogen-bond donors (Lipinski definition) is 0. The van der Waals surface area contributed by atoms with Crippen LogP contribution < -0.4 is 0 Å². The molecule has 0 bridgehead atoms. The highest BCUT2D eigenvalue weighted by molar-refractivity contribution is 6.36. The molecule has 0 unspecified atom stereocenters. The summed E-state index contributed by atoms with van der Waals surface area (Å²) in [5.74, 6) is 0.816. The van der Waals surface area contributed by atoms with Gasteiger partial charge in [0.25, 0.3) is 5.89 Å². The highest BCUT2D eigenvalue weighted by Crippen LogP contribution is 2.32. The minimum absolute atomic E-state index is 0.406. The van der Waals surface area contributed by atoms with Crippen LogP contribution in [0.25, 0.3) is 28.5 Å². The molecule has 130 valence electrons. The van der Waals surface area contributed by atoms with E-state index in [1.54, 1.807) is 18.2 Å². The van der Waals surface area contributed by atoms with Crippen molar-refractivity contribution in [3.8, 4) is 28.5 Å². The number of para-hydroxylation sites is 1. The van der Waals surface area contributed by atoms with E-state index in [-0.39, 0.29) is 0 Å². The topological polar surface area (TPSA) is 56.7 Å². The lowest BCUT2D eigenvalue weighted by molar-refractivity contribution is 0.432. The summed E-state index contributed by atoms with van der Waals surface area (Å²) in [5, 5.41) is 9.70. The van der Waals surface area contributed by atoms with Gasteiger partial charge in [-0.25, -0.2) is 4.68 Å².